The Morgan fingerprint density at radius 3 is 2.62 bits per heavy atom. The van der Waals surface area contributed by atoms with Crippen molar-refractivity contribution in [3.05, 3.63) is 40.7 Å². The summed E-state index contributed by atoms with van der Waals surface area (Å²) < 4.78 is 17.7. The van der Waals surface area contributed by atoms with Crippen LogP contribution < -0.4 is 0 Å². The molecule has 0 aliphatic heterocycles. The average Bonchev–Trinajstić information content (AvgIpc) is 2.25. The third kappa shape index (κ3) is 2.76. The van der Waals surface area contributed by atoms with Crippen molar-refractivity contribution < 1.29 is 18.7 Å². The van der Waals surface area contributed by atoms with Gasteiger partial charge in [-0.05, 0) is 30.2 Å². The molecular weight excluding hydrogens is 211 g/mol. The van der Waals surface area contributed by atoms with E-state index in [0.29, 0.717) is 17.4 Å². The van der Waals surface area contributed by atoms with Crippen LogP contribution >= 0.6 is 0 Å². The smallest absolute Gasteiger partial charge is 0.330 e. The van der Waals surface area contributed by atoms with Crippen molar-refractivity contribution in [1.29, 1.82) is 0 Å². The lowest BCUT2D eigenvalue weighted by molar-refractivity contribution is -0.134. The minimum atomic E-state index is -0.598. The fourth-order valence-electron chi connectivity index (χ4n) is 1.26. The van der Waals surface area contributed by atoms with E-state index in [1.165, 1.54) is 25.3 Å². The number of halogens is 1. The standard InChI is InChI=1S/C12H11FO3/c1-8-5-9(3-4-12(15)16-2)6-11(13)10(8)7-14/h3-7H,1-2H3/b4-3+. The summed E-state index contributed by atoms with van der Waals surface area (Å²) in [6.07, 6.45) is 3.09. The summed E-state index contributed by atoms with van der Waals surface area (Å²) >= 11 is 0. The first-order valence-electron chi connectivity index (χ1n) is 4.60. The molecule has 0 aliphatic carbocycles. The van der Waals surface area contributed by atoms with Crippen molar-refractivity contribution in [2.75, 3.05) is 7.11 Å². The second-order valence-electron chi connectivity index (χ2n) is 3.21. The van der Waals surface area contributed by atoms with Crippen LogP contribution in [0.1, 0.15) is 21.5 Å². The predicted molar refractivity (Wildman–Crippen MR) is 57.6 cm³/mol. The van der Waals surface area contributed by atoms with Crippen LogP contribution in [0.3, 0.4) is 0 Å². The Labute approximate surface area is 92.5 Å². The van der Waals surface area contributed by atoms with Crippen LogP contribution in [0.4, 0.5) is 4.39 Å². The highest BCUT2D eigenvalue weighted by atomic mass is 19.1. The number of hydrogen-bond donors (Lipinski definition) is 0. The third-order valence-electron chi connectivity index (χ3n) is 2.09. The molecule has 0 radical (unpaired) electrons. The fourth-order valence-corrected chi connectivity index (χ4v) is 1.26. The monoisotopic (exact) mass is 222 g/mol. The van der Waals surface area contributed by atoms with E-state index < -0.39 is 11.8 Å². The summed E-state index contributed by atoms with van der Waals surface area (Å²) in [5, 5.41) is 0. The quantitative estimate of drug-likeness (QED) is 0.447. The van der Waals surface area contributed by atoms with Crippen LogP contribution in [0, 0.1) is 12.7 Å². The van der Waals surface area contributed by atoms with Gasteiger partial charge in [0.1, 0.15) is 5.82 Å². The van der Waals surface area contributed by atoms with Gasteiger partial charge in [0.25, 0.3) is 0 Å². The molecule has 0 N–H and O–H groups in total. The van der Waals surface area contributed by atoms with E-state index in [9.17, 15) is 14.0 Å². The van der Waals surface area contributed by atoms with Gasteiger partial charge in [-0.25, -0.2) is 9.18 Å². The van der Waals surface area contributed by atoms with E-state index in [2.05, 4.69) is 4.74 Å². The highest BCUT2D eigenvalue weighted by Crippen LogP contribution is 2.15. The molecule has 0 unspecified atom stereocenters. The van der Waals surface area contributed by atoms with Crippen molar-refractivity contribution >= 4 is 18.3 Å². The summed E-state index contributed by atoms with van der Waals surface area (Å²) in [7, 11) is 1.26. The van der Waals surface area contributed by atoms with E-state index in [-0.39, 0.29) is 5.56 Å². The molecule has 16 heavy (non-hydrogen) atoms. The van der Waals surface area contributed by atoms with Crippen LogP contribution in [0.5, 0.6) is 0 Å². The average molecular weight is 222 g/mol. The van der Waals surface area contributed by atoms with Gasteiger partial charge in [-0.1, -0.05) is 6.07 Å². The number of methoxy groups -OCH3 is 1. The second kappa shape index (κ2) is 5.21. The summed E-state index contributed by atoms with van der Waals surface area (Å²) in [5.74, 6) is -1.11. The maximum atomic E-state index is 13.3. The van der Waals surface area contributed by atoms with Gasteiger partial charge in [0.2, 0.25) is 0 Å². The Morgan fingerprint density at radius 1 is 1.44 bits per heavy atom. The Hall–Kier alpha value is -1.97. The lowest BCUT2D eigenvalue weighted by Gasteiger charge is -2.02. The van der Waals surface area contributed by atoms with Crippen molar-refractivity contribution in [1.82, 2.24) is 0 Å². The number of esters is 1. The molecule has 0 spiro atoms. The highest BCUT2D eigenvalue weighted by Gasteiger charge is 2.05. The molecule has 0 aliphatic rings. The Morgan fingerprint density at radius 2 is 2.12 bits per heavy atom. The summed E-state index contributed by atoms with van der Waals surface area (Å²) in [6.45, 7) is 1.63. The molecule has 0 fully saturated rings. The molecule has 0 heterocycles. The van der Waals surface area contributed by atoms with Crippen molar-refractivity contribution in [2.45, 2.75) is 6.92 Å². The predicted octanol–water partition coefficient (Wildman–Crippen LogP) is 2.13. The first kappa shape index (κ1) is 12.1. The Balaban J connectivity index is 3.05. The summed E-state index contributed by atoms with van der Waals surface area (Å²) in [5.41, 5.74) is 1.07. The highest BCUT2D eigenvalue weighted by molar-refractivity contribution is 5.87. The number of aldehydes is 1. The maximum absolute atomic E-state index is 13.3. The molecule has 0 bridgehead atoms. The number of ether oxygens (including phenoxy) is 1. The van der Waals surface area contributed by atoms with Crippen LogP contribution in [0.15, 0.2) is 18.2 Å². The van der Waals surface area contributed by atoms with Gasteiger partial charge in [0, 0.05) is 6.08 Å². The zero-order valence-electron chi connectivity index (χ0n) is 8.99. The summed E-state index contributed by atoms with van der Waals surface area (Å²) in [6, 6.07) is 2.81. The minimum Gasteiger partial charge on any atom is -0.466 e. The van der Waals surface area contributed by atoms with Crippen molar-refractivity contribution in [3.63, 3.8) is 0 Å². The molecule has 0 saturated heterocycles. The van der Waals surface area contributed by atoms with Gasteiger partial charge in [0.05, 0.1) is 12.7 Å². The number of hydrogen-bond acceptors (Lipinski definition) is 3. The molecule has 0 saturated carbocycles. The first-order valence-corrected chi connectivity index (χ1v) is 4.60. The molecule has 4 heteroatoms. The van der Waals surface area contributed by atoms with Gasteiger partial charge in [-0.3, -0.25) is 4.79 Å². The maximum Gasteiger partial charge on any atom is 0.330 e. The van der Waals surface area contributed by atoms with E-state index in [1.807, 2.05) is 0 Å². The van der Waals surface area contributed by atoms with E-state index in [1.54, 1.807) is 13.0 Å². The molecule has 3 nitrogen and oxygen atoms in total. The number of rotatable bonds is 3. The number of carbonyl (C=O) groups is 2. The zero-order chi connectivity index (χ0) is 12.1. The molecule has 0 amide bonds. The van der Waals surface area contributed by atoms with Crippen LogP contribution in [0.25, 0.3) is 6.08 Å². The molecule has 1 aromatic rings. The van der Waals surface area contributed by atoms with Gasteiger partial charge in [-0.2, -0.15) is 0 Å². The Bertz CT molecular complexity index is 427. The fraction of sp³-hybridized carbons (Fsp3) is 0.167. The van der Waals surface area contributed by atoms with Crippen molar-refractivity contribution in [2.24, 2.45) is 0 Å². The lowest BCUT2D eigenvalue weighted by Crippen LogP contribution is -1.95. The molecule has 1 aromatic carbocycles. The van der Waals surface area contributed by atoms with Gasteiger partial charge in [-0.15, -0.1) is 0 Å². The third-order valence-corrected chi connectivity index (χ3v) is 2.09. The zero-order valence-corrected chi connectivity index (χ0v) is 8.99. The number of carbonyl (C=O) groups excluding carboxylic acids is 2. The molecule has 84 valence electrons. The normalized spacial score (nSPS) is 10.4. The lowest BCUT2D eigenvalue weighted by atomic mass is 10.0. The number of benzene rings is 1. The second-order valence-corrected chi connectivity index (χ2v) is 3.21. The summed E-state index contributed by atoms with van der Waals surface area (Å²) in [4.78, 5) is 21.4. The van der Waals surface area contributed by atoms with Crippen LogP contribution in [0.2, 0.25) is 0 Å². The SMILES string of the molecule is COC(=O)/C=C/c1cc(C)c(C=O)c(F)c1. The van der Waals surface area contributed by atoms with Gasteiger partial charge >= 0.3 is 5.97 Å². The van der Waals surface area contributed by atoms with Gasteiger partial charge in [0.15, 0.2) is 6.29 Å². The van der Waals surface area contributed by atoms with E-state index in [0.717, 1.165) is 0 Å². The topological polar surface area (TPSA) is 43.4 Å². The molecular formula is C12H11FO3. The molecule has 1 rings (SSSR count). The minimum absolute atomic E-state index is 0.0372. The van der Waals surface area contributed by atoms with E-state index in [4.69, 9.17) is 0 Å². The number of aryl methyl sites for hydroxylation is 1. The van der Waals surface area contributed by atoms with Crippen LogP contribution in [-0.4, -0.2) is 19.4 Å². The van der Waals surface area contributed by atoms with Crippen LogP contribution in [-0.2, 0) is 9.53 Å². The van der Waals surface area contributed by atoms with Crippen molar-refractivity contribution in [3.8, 4) is 0 Å². The molecule has 0 atom stereocenters. The van der Waals surface area contributed by atoms with E-state index >= 15 is 0 Å². The first-order chi connectivity index (χ1) is 7.58. The molecule has 0 aromatic heterocycles. The largest absolute Gasteiger partial charge is 0.466 e. The van der Waals surface area contributed by atoms with Gasteiger partial charge < -0.3 is 4.74 Å². The Kier molecular flexibility index (Phi) is 3.94.